The largest absolute Gasteiger partial charge is 0.491 e. The number of benzene rings is 1. The van der Waals surface area contributed by atoms with E-state index in [9.17, 15) is 18.3 Å². The fourth-order valence-corrected chi connectivity index (χ4v) is 2.59. The Labute approximate surface area is 125 Å². The second-order valence-corrected chi connectivity index (χ2v) is 5.35. The number of aromatic nitrogens is 2. The smallest absolute Gasteiger partial charge is 0.393 e. The highest BCUT2D eigenvalue weighted by atomic mass is 19.4. The molecule has 1 aromatic heterocycles. The van der Waals surface area contributed by atoms with E-state index in [1.165, 1.54) is 0 Å². The van der Waals surface area contributed by atoms with Gasteiger partial charge >= 0.3 is 6.30 Å². The summed E-state index contributed by atoms with van der Waals surface area (Å²) in [6.45, 7) is 0.727. The summed E-state index contributed by atoms with van der Waals surface area (Å²) in [5, 5.41) is 9.51. The third kappa shape index (κ3) is 2.94. The Bertz CT molecular complexity index is 631. The highest BCUT2D eigenvalue weighted by Gasteiger charge is 2.36. The number of halogens is 3. The van der Waals surface area contributed by atoms with Crippen LogP contribution in [0.2, 0.25) is 0 Å². The van der Waals surface area contributed by atoms with Crippen molar-refractivity contribution in [3.8, 4) is 11.3 Å². The zero-order valence-corrected chi connectivity index (χ0v) is 11.8. The van der Waals surface area contributed by atoms with Gasteiger partial charge in [-0.05, 0) is 12.8 Å². The quantitative estimate of drug-likeness (QED) is 0.927. The first-order valence-corrected chi connectivity index (χ1v) is 7.10. The maximum Gasteiger partial charge on any atom is 0.491 e. The van der Waals surface area contributed by atoms with Crippen LogP contribution in [0.3, 0.4) is 0 Å². The number of anilines is 1. The van der Waals surface area contributed by atoms with E-state index in [0.717, 1.165) is 6.20 Å². The van der Waals surface area contributed by atoms with Crippen LogP contribution in [0.1, 0.15) is 12.8 Å². The van der Waals surface area contributed by atoms with Gasteiger partial charge < -0.3 is 10.0 Å². The zero-order valence-electron chi connectivity index (χ0n) is 11.8. The van der Waals surface area contributed by atoms with Crippen molar-refractivity contribution in [3.05, 3.63) is 36.5 Å². The van der Waals surface area contributed by atoms with Crippen molar-refractivity contribution in [3.63, 3.8) is 0 Å². The van der Waals surface area contributed by atoms with E-state index in [-0.39, 0.29) is 10.5 Å². The number of aliphatic hydroxyl groups is 1. The van der Waals surface area contributed by atoms with E-state index >= 15 is 0 Å². The molecule has 2 heterocycles. The summed E-state index contributed by atoms with van der Waals surface area (Å²) in [6, 6.07) is 8.79. The van der Waals surface area contributed by atoms with Crippen LogP contribution >= 0.6 is 0 Å². The molecule has 1 saturated heterocycles. The van der Waals surface area contributed by atoms with E-state index in [1.54, 1.807) is 35.2 Å². The summed E-state index contributed by atoms with van der Waals surface area (Å²) in [5.41, 5.74) is 0.933. The number of aliphatic hydroxyl groups excluding tert-OH is 1. The summed E-state index contributed by atoms with van der Waals surface area (Å²) in [4.78, 5) is 5.76. The first-order chi connectivity index (χ1) is 10.4. The van der Waals surface area contributed by atoms with Crippen LogP contribution in [0.5, 0.6) is 0 Å². The van der Waals surface area contributed by atoms with E-state index in [2.05, 4.69) is 4.98 Å². The Morgan fingerprint density at radius 3 is 2.32 bits per heavy atom. The number of hydrogen-bond donors (Lipinski definition) is 1. The van der Waals surface area contributed by atoms with Gasteiger partial charge in [0.2, 0.25) is 5.95 Å². The highest BCUT2D eigenvalue weighted by Crippen LogP contribution is 2.33. The van der Waals surface area contributed by atoms with Gasteiger partial charge in [0, 0.05) is 24.8 Å². The zero-order chi connectivity index (χ0) is 15.7. The lowest BCUT2D eigenvalue weighted by atomic mass is 10.1. The van der Waals surface area contributed by atoms with Crippen molar-refractivity contribution in [2.75, 3.05) is 18.0 Å². The Kier molecular flexibility index (Phi) is 3.82. The minimum atomic E-state index is -4.52. The van der Waals surface area contributed by atoms with Gasteiger partial charge in [-0.2, -0.15) is 0 Å². The van der Waals surface area contributed by atoms with Crippen LogP contribution in [-0.4, -0.2) is 33.9 Å². The first kappa shape index (κ1) is 14.9. The maximum absolute atomic E-state index is 13.3. The standard InChI is InChI=1S/C15H16F3N3O/c16-15(17,18)21-10-13(11-4-2-1-3-5-11)19-14(21)20-8-6-12(22)7-9-20/h1-5,10,12,22H,6-9H2. The van der Waals surface area contributed by atoms with E-state index in [0.29, 0.717) is 37.2 Å². The van der Waals surface area contributed by atoms with Gasteiger partial charge in [0.1, 0.15) is 0 Å². The molecule has 0 amide bonds. The minimum absolute atomic E-state index is 0.113. The normalized spacial score (nSPS) is 17.0. The van der Waals surface area contributed by atoms with Crippen LogP contribution in [0.25, 0.3) is 11.3 Å². The lowest BCUT2D eigenvalue weighted by molar-refractivity contribution is -0.202. The molecule has 0 saturated carbocycles. The number of imidazole rings is 1. The fraction of sp³-hybridized carbons (Fsp3) is 0.400. The summed E-state index contributed by atoms with van der Waals surface area (Å²) >= 11 is 0. The molecule has 0 aliphatic carbocycles. The SMILES string of the molecule is OC1CCN(c2nc(-c3ccccc3)cn2C(F)(F)F)CC1. The predicted octanol–water partition coefficient (Wildman–Crippen LogP) is 2.99. The Balaban J connectivity index is 1.99. The number of piperidine rings is 1. The van der Waals surface area contributed by atoms with Crippen LogP contribution in [-0.2, 0) is 6.30 Å². The summed E-state index contributed by atoms with van der Waals surface area (Å²) < 4.78 is 40.0. The molecule has 0 bridgehead atoms. The van der Waals surface area contributed by atoms with Gasteiger partial charge in [-0.1, -0.05) is 30.3 Å². The summed E-state index contributed by atoms with van der Waals surface area (Å²) in [5.74, 6) is -0.113. The molecule has 3 rings (SSSR count). The minimum Gasteiger partial charge on any atom is -0.393 e. The molecular weight excluding hydrogens is 295 g/mol. The Morgan fingerprint density at radius 2 is 1.73 bits per heavy atom. The van der Waals surface area contributed by atoms with Gasteiger partial charge in [-0.15, -0.1) is 13.2 Å². The summed E-state index contributed by atoms with van der Waals surface area (Å²) in [6.07, 6.45) is -3.04. The van der Waals surface area contributed by atoms with Gasteiger partial charge in [-0.3, -0.25) is 0 Å². The van der Waals surface area contributed by atoms with E-state index < -0.39 is 12.4 Å². The van der Waals surface area contributed by atoms with Crippen molar-refractivity contribution < 1.29 is 18.3 Å². The second kappa shape index (κ2) is 5.64. The Morgan fingerprint density at radius 1 is 1.09 bits per heavy atom. The van der Waals surface area contributed by atoms with Gasteiger partial charge in [-0.25, -0.2) is 9.55 Å². The lowest BCUT2D eigenvalue weighted by Crippen LogP contribution is -2.38. The molecular formula is C15H16F3N3O. The molecule has 0 unspecified atom stereocenters. The van der Waals surface area contributed by atoms with Crippen molar-refractivity contribution in [1.82, 2.24) is 9.55 Å². The number of nitrogens with zero attached hydrogens (tertiary/aromatic N) is 3. The molecule has 0 spiro atoms. The molecule has 0 atom stereocenters. The van der Waals surface area contributed by atoms with Gasteiger partial charge in [0.05, 0.1) is 11.8 Å². The van der Waals surface area contributed by atoms with Crippen molar-refractivity contribution in [2.24, 2.45) is 0 Å². The third-order valence-electron chi connectivity index (χ3n) is 3.78. The monoisotopic (exact) mass is 311 g/mol. The van der Waals surface area contributed by atoms with Crippen molar-refractivity contribution in [1.29, 1.82) is 0 Å². The average Bonchev–Trinajstić information content (AvgIpc) is 2.94. The molecule has 4 nitrogen and oxygen atoms in total. The average molecular weight is 311 g/mol. The fourth-order valence-electron chi connectivity index (χ4n) is 2.59. The molecule has 7 heteroatoms. The van der Waals surface area contributed by atoms with E-state index in [1.807, 2.05) is 0 Å². The number of hydrogen-bond acceptors (Lipinski definition) is 3. The van der Waals surface area contributed by atoms with Crippen LogP contribution in [0.4, 0.5) is 19.1 Å². The first-order valence-electron chi connectivity index (χ1n) is 7.10. The molecule has 1 fully saturated rings. The maximum atomic E-state index is 13.3. The van der Waals surface area contributed by atoms with Gasteiger partial charge in [0.15, 0.2) is 0 Å². The van der Waals surface area contributed by atoms with Crippen molar-refractivity contribution >= 4 is 5.95 Å². The lowest BCUT2D eigenvalue weighted by Gasteiger charge is -2.31. The topological polar surface area (TPSA) is 41.3 Å². The highest BCUT2D eigenvalue weighted by molar-refractivity contribution is 5.61. The molecule has 0 radical (unpaired) electrons. The van der Waals surface area contributed by atoms with Gasteiger partial charge in [0.25, 0.3) is 0 Å². The predicted molar refractivity (Wildman–Crippen MR) is 76.4 cm³/mol. The molecule has 1 N–H and O–H groups in total. The number of alkyl halides is 3. The Hall–Kier alpha value is -2.02. The van der Waals surface area contributed by atoms with Crippen molar-refractivity contribution in [2.45, 2.75) is 25.2 Å². The second-order valence-electron chi connectivity index (χ2n) is 5.35. The third-order valence-corrected chi connectivity index (χ3v) is 3.78. The molecule has 118 valence electrons. The molecule has 1 aliphatic heterocycles. The molecule has 1 aliphatic rings. The van der Waals surface area contributed by atoms with E-state index in [4.69, 9.17) is 0 Å². The van der Waals surface area contributed by atoms with Crippen LogP contribution < -0.4 is 4.90 Å². The molecule has 22 heavy (non-hydrogen) atoms. The van der Waals surface area contributed by atoms with Crippen LogP contribution in [0.15, 0.2) is 36.5 Å². The summed E-state index contributed by atoms with van der Waals surface area (Å²) in [7, 11) is 0. The molecule has 1 aromatic carbocycles. The number of rotatable bonds is 2. The van der Waals surface area contributed by atoms with Crippen LogP contribution in [0, 0.1) is 0 Å². The molecule has 2 aromatic rings.